The van der Waals surface area contributed by atoms with Gasteiger partial charge in [0.05, 0.1) is 5.69 Å². The van der Waals surface area contributed by atoms with Crippen LogP contribution in [0.25, 0.3) is 0 Å². The molecule has 0 aromatic carbocycles. The van der Waals surface area contributed by atoms with Crippen LogP contribution in [-0.4, -0.2) is 21.3 Å². The third-order valence-corrected chi connectivity index (χ3v) is 1.80. The van der Waals surface area contributed by atoms with Crippen molar-refractivity contribution in [3.05, 3.63) is 18.0 Å². The molecule has 0 aliphatic rings. The van der Waals surface area contributed by atoms with Crippen LogP contribution in [0.2, 0.25) is 0 Å². The molecule has 1 heterocycles. The first-order valence-electron chi connectivity index (χ1n) is 3.22. The standard InChI is InChI=1S/C7H7N3OS/c1-12-7-9-3-2-5(10-7)6(11)4-8/h2-3,6,11H,1H3. The highest BCUT2D eigenvalue weighted by Crippen LogP contribution is 2.12. The number of aromatic nitrogens is 2. The van der Waals surface area contributed by atoms with Crippen LogP contribution in [0.4, 0.5) is 0 Å². The molecule has 1 aromatic rings. The molecule has 0 radical (unpaired) electrons. The highest BCUT2D eigenvalue weighted by atomic mass is 32.2. The molecule has 12 heavy (non-hydrogen) atoms. The summed E-state index contributed by atoms with van der Waals surface area (Å²) in [5, 5.41) is 18.0. The number of rotatable bonds is 2. The van der Waals surface area contributed by atoms with E-state index in [2.05, 4.69) is 9.97 Å². The molecule has 4 nitrogen and oxygen atoms in total. The van der Waals surface area contributed by atoms with E-state index in [1.165, 1.54) is 24.0 Å². The highest BCUT2D eigenvalue weighted by Gasteiger charge is 2.07. The van der Waals surface area contributed by atoms with Crippen molar-refractivity contribution >= 4 is 11.8 Å². The monoisotopic (exact) mass is 181 g/mol. The summed E-state index contributed by atoms with van der Waals surface area (Å²) >= 11 is 1.37. The lowest BCUT2D eigenvalue weighted by Gasteiger charge is -2.00. The van der Waals surface area contributed by atoms with Crippen LogP contribution in [0.1, 0.15) is 11.8 Å². The van der Waals surface area contributed by atoms with Gasteiger partial charge in [-0.3, -0.25) is 0 Å². The fraction of sp³-hybridized carbons (Fsp3) is 0.286. The van der Waals surface area contributed by atoms with Crippen LogP contribution in [0, 0.1) is 11.3 Å². The number of nitriles is 1. The third-order valence-electron chi connectivity index (χ3n) is 1.24. The summed E-state index contributed by atoms with van der Waals surface area (Å²) < 4.78 is 0. The van der Waals surface area contributed by atoms with Gasteiger partial charge in [0.15, 0.2) is 11.3 Å². The lowest BCUT2D eigenvalue weighted by molar-refractivity contribution is 0.229. The smallest absolute Gasteiger partial charge is 0.187 e. The average Bonchev–Trinajstić information content (AvgIpc) is 2.17. The van der Waals surface area contributed by atoms with E-state index in [0.717, 1.165) is 0 Å². The van der Waals surface area contributed by atoms with Crippen LogP contribution in [0.5, 0.6) is 0 Å². The third kappa shape index (κ3) is 1.94. The highest BCUT2D eigenvalue weighted by molar-refractivity contribution is 7.98. The van der Waals surface area contributed by atoms with Crippen molar-refractivity contribution < 1.29 is 5.11 Å². The van der Waals surface area contributed by atoms with Crippen LogP contribution < -0.4 is 0 Å². The Hall–Kier alpha value is -1.12. The summed E-state index contributed by atoms with van der Waals surface area (Å²) in [7, 11) is 0. The lowest BCUT2D eigenvalue weighted by Crippen LogP contribution is -1.98. The van der Waals surface area contributed by atoms with E-state index in [0.29, 0.717) is 10.9 Å². The molecule has 1 aromatic heterocycles. The Balaban J connectivity index is 2.95. The fourth-order valence-electron chi connectivity index (χ4n) is 0.671. The van der Waals surface area contributed by atoms with E-state index in [1.54, 1.807) is 6.07 Å². The van der Waals surface area contributed by atoms with E-state index >= 15 is 0 Å². The van der Waals surface area contributed by atoms with Crippen LogP contribution >= 0.6 is 11.8 Å². The topological polar surface area (TPSA) is 69.8 Å². The predicted octanol–water partition coefficient (Wildman–Crippen LogP) is 0.755. The minimum absolute atomic E-state index is 0.344. The Kier molecular flexibility index (Phi) is 3.02. The molecule has 1 rings (SSSR count). The minimum Gasteiger partial charge on any atom is -0.373 e. The molecule has 0 fully saturated rings. The van der Waals surface area contributed by atoms with Crippen molar-refractivity contribution in [2.24, 2.45) is 0 Å². The Morgan fingerprint density at radius 3 is 3.08 bits per heavy atom. The largest absolute Gasteiger partial charge is 0.373 e. The molecule has 0 bridgehead atoms. The van der Waals surface area contributed by atoms with Gasteiger partial charge in [0, 0.05) is 6.20 Å². The maximum atomic E-state index is 9.09. The summed E-state index contributed by atoms with van der Waals surface area (Å²) in [4.78, 5) is 7.85. The molecule has 1 unspecified atom stereocenters. The molecule has 0 saturated heterocycles. The Bertz CT molecular complexity index is 310. The number of hydrogen-bond acceptors (Lipinski definition) is 5. The Labute approximate surface area is 74.3 Å². The molecule has 0 spiro atoms. The predicted molar refractivity (Wildman–Crippen MR) is 44.4 cm³/mol. The van der Waals surface area contributed by atoms with Gasteiger partial charge in [0.25, 0.3) is 0 Å². The minimum atomic E-state index is -1.15. The second kappa shape index (κ2) is 4.04. The summed E-state index contributed by atoms with van der Waals surface area (Å²) in [5.41, 5.74) is 0.344. The molecular weight excluding hydrogens is 174 g/mol. The van der Waals surface area contributed by atoms with Crippen LogP contribution in [-0.2, 0) is 0 Å². The van der Waals surface area contributed by atoms with E-state index in [-0.39, 0.29) is 0 Å². The number of hydrogen-bond donors (Lipinski definition) is 1. The molecular formula is C7H7N3OS. The van der Waals surface area contributed by atoms with Crippen molar-refractivity contribution in [2.75, 3.05) is 6.26 Å². The molecule has 1 N–H and O–H groups in total. The molecule has 0 aliphatic carbocycles. The summed E-state index contributed by atoms with van der Waals surface area (Å²) in [6, 6.07) is 3.21. The van der Waals surface area contributed by atoms with E-state index in [4.69, 9.17) is 10.4 Å². The summed E-state index contributed by atoms with van der Waals surface area (Å²) in [6.45, 7) is 0. The molecule has 5 heteroatoms. The first-order chi connectivity index (χ1) is 5.77. The van der Waals surface area contributed by atoms with Gasteiger partial charge in [0.2, 0.25) is 0 Å². The van der Waals surface area contributed by atoms with Crippen LogP contribution in [0.3, 0.4) is 0 Å². The molecule has 1 atom stereocenters. The maximum Gasteiger partial charge on any atom is 0.187 e. The van der Waals surface area contributed by atoms with Gasteiger partial charge < -0.3 is 5.11 Å². The number of nitrogens with zero attached hydrogens (tertiary/aromatic N) is 3. The average molecular weight is 181 g/mol. The second-order valence-corrected chi connectivity index (χ2v) is 2.77. The van der Waals surface area contributed by atoms with Gasteiger partial charge in [-0.05, 0) is 12.3 Å². The summed E-state index contributed by atoms with van der Waals surface area (Å²) in [5.74, 6) is 0. The van der Waals surface area contributed by atoms with Crippen molar-refractivity contribution in [3.63, 3.8) is 0 Å². The van der Waals surface area contributed by atoms with Gasteiger partial charge in [-0.1, -0.05) is 11.8 Å². The van der Waals surface area contributed by atoms with E-state index in [1.807, 2.05) is 6.26 Å². The van der Waals surface area contributed by atoms with Gasteiger partial charge in [0.1, 0.15) is 6.07 Å². The zero-order chi connectivity index (χ0) is 8.97. The number of aliphatic hydroxyl groups excluding tert-OH is 1. The van der Waals surface area contributed by atoms with Gasteiger partial charge >= 0.3 is 0 Å². The zero-order valence-corrected chi connectivity index (χ0v) is 7.25. The van der Waals surface area contributed by atoms with E-state index in [9.17, 15) is 0 Å². The zero-order valence-electron chi connectivity index (χ0n) is 6.43. The fourth-order valence-corrected chi connectivity index (χ4v) is 1.03. The normalized spacial score (nSPS) is 12.1. The molecule has 0 aliphatic heterocycles. The Morgan fingerprint density at radius 2 is 2.50 bits per heavy atom. The number of thioether (sulfide) groups is 1. The molecule has 0 saturated carbocycles. The van der Waals surface area contributed by atoms with Gasteiger partial charge in [-0.15, -0.1) is 0 Å². The first-order valence-corrected chi connectivity index (χ1v) is 4.45. The van der Waals surface area contributed by atoms with Gasteiger partial charge in [-0.2, -0.15) is 5.26 Å². The van der Waals surface area contributed by atoms with Crippen molar-refractivity contribution in [1.82, 2.24) is 9.97 Å². The Morgan fingerprint density at radius 1 is 1.75 bits per heavy atom. The van der Waals surface area contributed by atoms with Crippen molar-refractivity contribution in [3.8, 4) is 6.07 Å². The quantitative estimate of drug-likeness (QED) is 0.414. The first kappa shape index (κ1) is 8.97. The lowest BCUT2D eigenvalue weighted by atomic mass is 10.3. The second-order valence-electron chi connectivity index (χ2n) is 2.00. The van der Waals surface area contributed by atoms with Crippen molar-refractivity contribution in [1.29, 1.82) is 5.26 Å². The van der Waals surface area contributed by atoms with Crippen LogP contribution in [0.15, 0.2) is 17.4 Å². The summed E-state index contributed by atoms with van der Waals surface area (Å²) in [6.07, 6.45) is 2.20. The molecule has 0 amide bonds. The molecule has 62 valence electrons. The van der Waals surface area contributed by atoms with Gasteiger partial charge in [-0.25, -0.2) is 9.97 Å². The van der Waals surface area contributed by atoms with E-state index < -0.39 is 6.10 Å². The van der Waals surface area contributed by atoms with Crippen molar-refractivity contribution in [2.45, 2.75) is 11.3 Å². The SMILES string of the molecule is CSc1nccc(C(O)C#N)n1. The maximum absolute atomic E-state index is 9.09. The number of aliphatic hydroxyl groups is 1.